The summed E-state index contributed by atoms with van der Waals surface area (Å²) >= 11 is 0. The van der Waals surface area contributed by atoms with Crippen LogP contribution in [0, 0.1) is 0 Å². The molecule has 0 bridgehead atoms. The van der Waals surface area contributed by atoms with E-state index >= 15 is 0 Å². The van der Waals surface area contributed by atoms with Crippen LogP contribution in [0.25, 0.3) is 0 Å². The van der Waals surface area contributed by atoms with Crippen LogP contribution in [-0.4, -0.2) is 87.5 Å². The first-order chi connectivity index (χ1) is 38.3. The molecule has 0 aromatic carbocycles. The van der Waals surface area contributed by atoms with Gasteiger partial charge in [0.2, 0.25) is 5.91 Å². The van der Waals surface area contributed by atoms with E-state index in [1.165, 1.54) is 103 Å². The second-order valence-corrected chi connectivity index (χ2v) is 21.1. The van der Waals surface area contributed by atoms with E-state index < -0.39 is 49.5 Å². The summed E-state index contributed by atoms with van der Waals surface area (Å²) in [4.78, 5) is 13.1. The largest absolute Gasteiger partial charge is 0.394 e. The SMILES string of the molecule is CC/C=C\C/C=C\C/C=C\C/C=C\C/C=C\C/C=C\C/C=C\C/C=C\C/C=C\C/C=C\CCCCCCCCCCC(=O)NC(COC1OC(CO)C(O)C(O)C1O)C(O)/C=C/CCCCCCCCCCCCCCCC. The molecule has 1 rings (SSSR count). The van der Waals surface area contributed by atoms with E-state index in [1.54, 1.807) is 6.08 Å². The van der Waals surface area contributed by atoms with E-state index in [9.17, 15) is 30.3 Å². The summed E-state index contributed by atoms with van der Waals surface area (Å²) in [5.74, 6) is -0.190. The van der Waals surface area contributed by atoms with Gasteiger partial charge in [0.1, 0.15) is 24.4 Å². The molecule has 1 saturated heterocycles. The molecule has 78 heavy (non-hydrogen) atoms. The second kappa shape index (κ2) is 56.6. The van der Waals surface area contributed by atoms with Crippen LogP contribution in [0.1, 0.15) is 239 Å². The van der Waals surface area contributed by atoms with E-state index in [1.807, 2.05) is 6.08 Å². The third-order valence-electron chi connectivity index (χ3n) is 14.0. The summed E-state index contributed by atoms with van der Waals surface area (Å²) in [7, 11) is 0. The van der Waals surface area contributed by atoms with Crippen LogP contribution < -0.4 is 5.32 Å². The monoisotopic (exact) mass is 1090 g/mol. The van der Waals surface area contributed by atoms with Gasteiger partial charge in [-0.25, -0.2) is 0 Å². The third-order valence-corrected chi connectivity index (χ3v) is 14.0. The number of hydrogen-bond donors (Lipinski definition) is 6. The van der Waals surface area contributed by atoms with Gasteiger partial charge < -0.3 is 40.3 Å². The molecule has 0 aromatic rings. The highest BCUT2D eigenvalue weighted by atomic mass is 16.7. The van der Waals surface area contributed by atoms with Crippen LogP contribution in [0.3, 0.4) is 0 Å². The van der Waals surface area contributed by atoms with Gasteiger partial charge in [-0.15, -0.1) is 0 Å². The second-order valence-electron chi connectivity index (χ2n) is 21.1. The molecule has 1 aliphatic rings. The Morgan fingerprint density at radius 1 is 0.449 bits per heavy atom. The summed E-state index contributed by atoms with van der Waals surface area (Å²) in [5, 5.41) is 54.5. The molecule has 1 aliphatic heterocycles. The average molecular weight is 1090 g/mol. The maximum Gasteiger partial charge on any atom is 0.220 e. The molecule has 9 nitrogen and oxygen atoms in total. The van der Waals surface area contributed by atoms with Gasteiger partial charge in [0.25, 0.3) is 0 Å². The standard InChI is InChI=1S/C69H115NO8/c1-3-5-7-9-11-13-15-17-19-21-22-23-24-25-26-27-28-29-30-31-32-33-34-35-36-37-38-39-40-41-42-43-45-47-49-51-53-55-57-59-65(73)70-62(61-77-69-68(76)67(75)66(74)64(60-71)78-69)63(72)58-56-54-52-50-48-46-44-20-18-16-14-12-10-8-6-4-2/h5,7,11,13,17,19,22-23,25-26,28-29,31-32,34-35,37-38,40-41,56,58,62-64,66-69,71-72,74-76H,3-4,6,8-10,12,14-16,18,20-21,24,27,30,33,36,39,42-55,57,59-61H2,1-2H3,(H,70,73)/b7-5-,13-11-,19-17-,23-22-,26-25-,29-28-,32-31-,35-34-,38-37-,41-40-,58-56+. The maximum absolute atomic E-state index is 13.1. The van der Waals surface area contributed by atoms with Crippen molar-refractivity contribution in [3.8, 4) is 0 Å². The molecule has 0 spiro atoms. The molecule has 0 aromatic heterocycles. The number of aliphatic hydroxyl groups is 5. The van der Waals surface area contributed by atoms with Crippen LogP contribution >= 0.6 is 0 Å². The molecular formula is C69H115NO8. The highest BCUT2D eigenvalue weighted by Crippen LogP contribution is 2.23. The Labute approximate surface area is 477 Å². The highest BCUT2D eigenvalue weighted by molar-refractivity contribution is 5.76. The number of carbonyl (C=O) groups is 1. The van der Waals surface area contributed by atoms with E-state index in [0.717, 1.165) is 116 Å². The normalized spacial score (nSPS) is 19.6. The van der Waals surface area contributed by atoms with Crippen molar-refractivity contribution >= 4 is 5.91 Å². The van der Waals surface area contributed by atoms with Gasteiger partial charge in [-0.3, -0.25) is 4.79 Å². The van der Waals surface area contributed by atoms with Gasteiger partial charge in [0.05, 0.1) is 25.4 Å². The van der Waals surface area contributed by atoms with Crippen LogP contribution in [0.15, 0.2) is 134 Å². The molecule has 1 amide bonds. The van der Waals surface area contributed by atoms with Crippen LogP contribution in [0.4, 0.5) is 0 Å². The van der Waals surface area contributed by atoms with Crippen molar-refractivity contribution in [3.05, 3.63) is 134 Å². The number of aliphatic hydroxyl groups excluding tert-OH is 5. The predicted molar refractivity (Wildman–Crippen MR) is 331 cm³/mol. The number of ether oxygens (including phenoxy) is 2. The Kier molecular flexibility index (Phi) is 52.5. The average Bonchev–Trinajstić information content (AvgIpc) is 3.45. The Morgan fingerprint density at radius 3 is 1.18 bits per heavy atom. The minimum atomic E-state index is -1.58. The first kappa shape index (κ1) is 72.3. The molecule has 0 aliphatic carbocycles. The lowest BCUT2D eigenvalue weighted by Crippen LogP contribution is -2.60. The van der Waals surface area contributed by atoms with Gasteiger partial charge >= 0.3 is 0 Å². The molecule has 7 atom stereocenters. The van der Waals surface area contributed by atoms with Crippen molar-refractivity contribution in [2.24, 2.45) is 0 Å². The third kappa shape index (κ3) is 45.1. The minimum Gasteiger partial charge on any atom is -0.394 e. The van der Waals surface area contributed by atoms with Gasteiger partial charge in [-0.2, -0.15) is 0 Å². The quantitative estimate of drug-likeness (QED) is 0.0261. The van der Waals surface area contributed by atoms with Crippen LogP contribution in [0.5, 0.6) is 0 Å². The molecule has 6 N–H and O–H groups in total. The maximum atomic E-state index is 13.1. The van der Waals surface area contributed by atoms with Gasteiger partial charge in [-0.1, -0.05) is 270 Å². The molecule has 444 valence electrons. The van der Waals surface area contributed by atoms with Crippen molar-refractivity contribution < 1.29 is 39.8 Å². The molecule has 0 radical (unpaired) electrons. The van der Waals surface area contributed by atoms with Crippen molar-refractivity contribution in [2.45, 2.75) is 281 Å². The zero-order chi connectivity index (χ0) is 56.5. The Hall–Kier alpha value is -3.67. The van der Waals surface area contributed by atoms with Crippen molar-refractivity contribution in [3.63, 3.8) is 0 Å². The number of allylic oxidation sites excluding steroid dienone is 21. The topological polar surface area (TPSA) is 149 Å². The molecule has 1 fully saturated rings. The first-order valence-corrected chi connectivity index (χ1v) is 31.4. The lowest BCUT2D eigenvalue weighted by atomic mass is 9.99. The summed E-state index contributed by atoms with van der Waals surface area (Å²) < 4.78 is 11.3. The van der Waals surface area contributed by atoms with Crippen molar-refractivity contribution in [2.75, 3.05) is 13.2 Å². The Morgan fingerprint density at radius 2 is 0.795 bits per heavy atom. The lowest BCUT2D eigenvalue weighted by Gasteiger charge is -2.40. The number of hydrogen-bond acceptors (Lipinski definition) is 8. The first-order valence-electron chi connectivity index (χ1n) is 31.4. The minimum absolute atomic E-state index is 0.190. The summed E-state index contributed by atoms with van der Waals surface area (Å²) in [6.07, 6.45) is 79.5. The van der Waals surface area contributed by atoms with Crippen molar-refractivity contribution in [1.29, 1.82) is 0 Å². The number of nitrogens with one attached hydrogen (secondary N) is 1. The fourth-order valence-corrected chi connectivity index (χ4v) is 9.07. The lowest BCUT2D eigenvalue weighted by molar-refractivity contribution is -0.302. The van der Waals surface area contributed by atoms with Gasteiger partial charge in [0, 0.05) is 6.42 Å². The fraction of sp³-hybridized carbons (Fsp3) is 0.667. The molecule has 9 heteroatoms. The number of unbranched alkanes of at least 4 members (excludes halogenated alkanes) is 22. The molecule has 1 heterocycles. The summed E-state index contributed by atoms with van der Waals surface area (Å²) in [6, 6.07) is -0.819. The van der Waals surface area contributed by atoms with Crippen LogP contribution in [-0.2, 0) is 14.3 Å². The Bertz CT molecular complexity index is 1690. The highest BCUT2D eigenvalue weighted by Gasteiger charge is 2.44. The number of carbonyl (C=O) groups excluding carboxylic acids is 1. The zero-order valence-corrected chi connectivity index (χ0v) is 49.4. The van der Waals surface area contributed by atoms with Gasteiger partial charge in [-0.05, 0) is 96.3 Å². The molecule has 7 unspecified atom stereocenters. The smallest absolute Gasteiger partial charge is 0.220 e. The fourth-order valence-electron chi connectivity index (χ4n) is 9.07. The Balaban J connectivity index is 2.17. The van der Waals surface area contributed by atoms with Gasteiger partial charge in [0.15, 0.2) is 6.29 Å². The number of amides is 1. The zero-order valence-electron chi connectivity index (χ0n) is 49.4. The van der Waals surface area contributed by atoms with E-state index in [4.69, 9.17) is 9.47 Å². The summed E-state index contributed by atoms with van der Waals surface area (Å²) in [5.41, 5.74) is 0. The molecule has 0 saturated carbocycles. The predicted octanol–water partition coefficient (Wildman–Crippen LogP) is 16.5. The van der Waals surface area contributed by atoms with Crippen LogP contribution in [0.2, 0.25) is 0 Å². The number of rotatable bonds is 52. The summed E-state index contributed by atoms with van der Waals surface area (Å²) in [6.45, 7) is 3.66. The van der Waals surface area contributed by atoms with Crippen molar-refractivity contribution in [1.82, 2.24) is 5.32 Å². The van der Waals surface area contributed by atoms with E-state index in [2.05, 4.69) is 141 Å². The van der Waals surface area contributed by atoms with E-state index in [0.29, 0.717) is 6.42 Å². The molecular weight excluding hydrogens is 971 g/mol. The van der Waals surface area contributed by atoms with E-state index in [-0.39, 0.29) is 12.5 Å².